The summed E-state index contributed by atoms with van der Waals surface area (Å²) in [5.74, 6) is -0.859. The zero-order chi connectivity index (χ0) is 10.1. The number of rotatable bonds is 1. The van der Waals surface area contributed by atoms with Crippen LogP contribution in [0.25, 0.3) is 10.4 Å². The lowest BCUT2D eigenvalue weighted by atomic mass is 10.1. The van der Waals surface area contributed by atoms with Gasteiger partial charge in [-0.05, 0) is 41.6 Å². The number of hydrogen-bond acceptors (Lipinski definition) is 2. The molecule has 0 aliphatic rings. The van der Waals surface area contributed by atoms with E-state index < -0.39 is 5.82 Å². The Morgan fingerprint density at radius 1 is 1.36 bits per heavy atom. The molecule has 0 amide bonds. The van der Waals surface area contributed by atoms with Crippen LogP contribution in [0, 0.1) is 12.7 Å². The Kier molecular flexibility index (Phi) is 2.25. The molecule has 1 nitrogen and oxygen atoms in total. The molecular formula is C11H9FOS. The maximum atomic E-state index is 13.1. The van der Waals surface area contributed by atoms with Gasteiger partial charge in [0.1, 0.15) is 0 Å². The van der Waals surface area contributed by atoms with Gasteiger partial charge in [0.05, 0.1) is 0 Å². The lowest BCUT2D eigenvalue weighted by molar-refractivity contribution is 0.432. The summed E-state index contributed by atoms with van der Waals surface area (Å²) in [4.78, 5) is 1.02. The second-order valence-electron chi connectivity index (χ2n) is 3.10. The van der Waals surface area contributed by atoms with Gasteiger partial charge >= 0.3 is 0 Å². The quantitative estimate of drug-likeness (QED) is 0.759. The first-order chi connectivity index (χ1) is 6.68. The van der Waals surface area contributed by atoms with E-state index >= 15 is 0 Å². The first kappa shape index (κ1) is 9.21. The van der Waals surface area contributed by atoms with Crippen molar-refractivity contribution in [2.75, 3.05) is 0 Å². The van der Waals surface area contributed by atoms with Crippen molar-refractivity contribution >= 4 is 11.3 Å². The summed E-state index contributed by atoms with van der Waals surface area (Å²) in [7, 11) is 0. The number of aryl methyl sites for hydroxylation is 1. The van der Waals surface area contributed by atoms with E-state index in [-0.39, 0.29) is 5.75 Å². The third-order valence-electron chi connectivity index (χ3n) is 2.08. The van der Waals surface area contributed by atoms with Crippen molar-refractivity contribution in [1.29, 1.82) is 0 Å². The third kappa shape index (κ3) is 1.51. The lowest BCUT2D eigenvalue weighted by Gasteiger charge is -2.04. The summed E-state index contributed by atoms with van der Waals surface area (Å²) in [5.41, 5.74) is 1.72. The first-order valence-electron chi connectivity index (χ1n) is 4.21. The Bertz CT molecular complexity index is 449. The van der Waals surface area contributed by atoms with Gasteiger partial charge in [0.15, 0.2) is 11.6 Å². The molecule has 2 aromatic rings. The highest BCUT2D eigenvalue weighted by molar-refractivity contribution is 7.13. The van der Waals surface area contributed by atoms with Gasteiger partial charge in [-0.2, -0.15) is 0 Å². The van der Waals surface area contributed by atoms with Crippen LogP contribution in [0.4, 0.5) is 4.39 Å². The highest BCUT2D eigenvalue weighted by atomic mass is 32.1. The van der Waals surface area contributed by atoms with Crippen LogP contribution >= 0.6 is 11.3 Å². The zero-order valence-electron chi connectivity index (χ0n) is 7.62. The Balaban J connectivity index is 2.60. The van der Waals surface area contributed by atoms with E-state index in [9.17, 15) is 4.39 Å². The number of benzene rings is 1. The van der Waals surface area contributed by atoms with Crippen molar-refractivity contribution < 1.29 is 9.50 Å². The Hall–Kier alpha value is -1.35. The maximum absolute atomic E-state index is 13.1. The van der Waals surface area contributed by atoms with Crippen LogP contribution in [0.5, 0.6) is 5.75 Å². The van der Waals surface area contributed by atoms with Gasteiger partial charge in [-0.1, -0.05) is 6.07 Å². The number of phenols is 1. The average Bonchev–Trinajstić information content (AvgIpc) is 2.64. The van der Waals surface area contributed by atoms with Gasteiger partial charge in [0.25, 0.3) is 0 Å². The monoisotopic (exact) mass is 208 g/mol. The summed E-state index contributed by atoms with van der Waals surface area (Å²) >= 11 is 1.56. The predicted molar refractivity (Wildman–Crippen MR) is 56.1 cm³/mol. The molecule has 0 atom stereocenters. The van der Waals surface area contributed by atoms with Crippen molar-refractivity contribution in [3.05, 3.63) is 41.0 Å². The molecule has 0 unspecified atom stereocenters. The minimum atomic E-state index is -0.570. The van der Waals surface area contributed by atoms with E-state index in [2.05, 4.69) is 0 Å². The Labute approximate surface area is 85.5 Å². The van der Waals surface area contributed by atoms with E-state index in [1.807, 2.05) is 24.4 Å². The highest BCUT2D eigenvalue weighted by Crippen LogP contribution is 2.31. The molecule has 0 spiro atoms. The molecule has 0 saturated carbocycles. The predicted octanol–water partition coefficient (Wildman–Crippen LogP) is 3.57. The molecule has 1 heterocycles. The van der Waals surface area contributed by atoms with Gasteiger partial charge in [-0.15, -0.1) is 11.3 Å². The van der Waals surface area contributed by atoms with Crippen LogP contribution < -0.4 is 0 Å². The number of thiophene rings is 1. The van der Waals surface area contributed by atoms with Gasteiger partial charge in [-0.3, -0.25) is 0 Å². The van der Waals surface area contributed by atoms with Crippen LogP contribution in [-0.2, 0) is 0 Å². The molecule has 2 rings (SSSR count). The van der Waals surface area contributed by atoms with Crippen molar-refractivity contribution in [3.8, 4) is 16.2 Å². The maximum Gasteiger partial charge on any atom is 0.165 e. The normalized spacial score (nSPS) is 10.4. The third-order valence-corrected chi connectivity index (χ3v) is 2.98. The molecule has 0 saturated heterocycles. The second-order valence-corrected chi connectivity index (χ2v) is 4.04. The topological polar surface area (TPSA) is 20.2 Å². The fourth-order valence-corrected chi connectivity index (χ4v) is 2.17. The summed E-state index contributed by atoms with van der Waals surface area (Å²) in [5, 5.41) is 11.1. The summed E-state index contributed by atoms with van der Waals surface area (Å²) in [6, 6.07) is 6.68. The van der Waals surface area contributed by atoms with Crippen LogP contribution in [-0.4, -0.2) is 5.11 Å². The van der Waals surface area contributed by atoms with Gasteiger partial charge in [0.2, 0.25) is 0 Å². The van der Waals surface area contributed by atoms with Crippen LogP contribution in [0.2, 0.25) is 0 Å². The van der Waals surface area contributed by atoms with Gasteiger partial charge < -0.3 is 5.11 Å². The molecule has 0 aliphatic carbocycles. The average molecular weight is 208 g/mol. The molecule has 0 bridgehead atoms. The summed E-state index contributed by atoms with van der Waals surface area (Å²) in [6.45, 7) is 1.86. The molecule has 0 aliphatic heterocycles. The lowest BCUT2D eigenvalue weighted by Crippen LogP contribution is -1.84. The molecule has 0 fully saturated rings. The van der Waals surface area contributed by atoms with E-state index in [0.29, 0.717) is 0 Å². The van der Waals surface area contributed by atoms with Crippen molar-refractivity contribution in [2.45, 2.75) is 6.92 Å². The SMILES string of the molecule is Cc1cc(O)c(F)cc1-c1cccs1. The molecule has 1 aromatic heterocycles. The fourth-order valence-electron chi connectivity index (χ4n) is 1.36. The zero-order valence-corrected chi connectivity index (χ0v) is 8.44. The smallest absolute Gasteiger partial charge is 0.165 e. The van der Waals surface area contributed by atoms with Crippen molar-refractivity contribution in [3.63, 3.8) is 0 Å². The Morgan fingerprint density at radius 3 is 2.79 bits per heavy atom. The van der Waals surface area contributed by atoms with E-state index in [1.54, 1.807) is 11.3 Å². The number of halogens is 1. The van der Waals surface area contributed by atoms with Crippen molar-refractivity contribution in [1.82, 2.24) is 0 Å². The number of phenolic OH excluding ortho intramolecular Hbond substituents is 1. The summed E-state index contributed by atoms with van der Waals surface area (Å²) in [6.07, 6.45) is 0. The largest absolute Gasteiger partial charge is 0.505 e. The molecule has 1 aromatic carbocycles. The highest BCUT2D eigenvalue weighted by Gasteiger charge is 2.08. The fraction of sp³-hybridized carbons (Fsp3) is 0.0909. The minimum Gasteiger partial charge on any atom is -0.505 e. The number of aromatic hydroxyl groups is 1. The molecular weight excluding hydrogens is 199 g/mol. The van der Waals surface area contributed by atoms with E-state index in [1.165, 1.54) is 12.1 Å². The minimum absolute atomic E-state index is 0.289. The molecule has 3 heteroatoms. The molecule has 72 valence electrons. The second kappa shape index (κ2) is 3.42. The van der Waals surface area contributed by atoms with E-state index in [4.69, 9.17) is 5.11 Å². The number of hydrogen-bond donors (Lipinski definition) is 1. The Morgan fingerprint density at radius 2 is 2.14 bits per heavy atom. The van der Waals surface area contributed by atoms with Gasteiger partial charge in [-0.25, -0.2) is 4.39 Å². The van der Waals surface area contributed by atoms with Crippen LogP contribution in [0.15, 0.2) is 29.6 Å². The molecule has 1 N–H and O–H groups in total. The molecule has 14 heavy (non-hydrogen) atoms. The van der Waals surface area contributed by atoms with Gasteiger partial charge in [0, 0.05) is 4.88 Å². The summed E-state index contributed by atoms with van der Waals surface area (Å²) < 4.78 is 13.1. The van der Waals surface area contributed by atoms with E-state index in [0.717, 1.165) is 16.0 Å². The standard InChI is InChI=1S/C11H9FOS/c1-7-5-10(13)9(12)6-8(7)11-3-2-4-14-11/h2-6,13H,1H3. The van der Waals surface area contributed by atoms with Crippen LogP contribution in [0.3, 0.4) is 0 Å². The first-order valence-corrected chi connectivity index (χ1v) is 5.09. The molecule has 0 radical (unpaired) electrons. The van der Waals surface area contributed by atoms with Crippen molar-refractivity contribution in [2.24, 2.45) is 0 Å². The van der Waals surface area contributed by atoms with Crippen LogP contribution in [0.1, 0.15) is 5.56 Å².